The molecule has 28 heavy (non-hydrogen) atoms. The van der Waals surface area contributed by atoms with Gasteiger partial charge in [-0.3, -0.25) is 14.8 Å². The van der Waals surface area contributed by atoms with E-state index >= 15 is 0 Å². The number of nitrogens with zero attached hydrogens (tertiary/aromatic N) is 2. The molecule has 1 aliphatic carbocycles. The third-order valence-corrected chi connectivity index (χ3v) is 5.69. The van der Waals surface area contributed by atoms with Crippen LogP contribution in [0.15, 0.2) is 24.3 Å². The molecule has 1 unspecified atom stereocenters. The monoisotopic (exact) mass is 384 g/mol. The highest BCUT2D eigenvalue weighted by Gasteiger charge is 2.26. The maximum atomic E-state index is 12.9. The highest BCUT2D eigenvalue weighted by atomic mass is 16.5. The van der Waals surface area contributed by atoms with Crippen molar-refractivity contribution < 1.29 is 14.3 Å². The average Bonchev–Trinajstić information content (AvgIpc) is 3.19. The number of rotatable bonds is 6. The van der Waals surface area contributed by atoms with Crippen molar-refractivity contribution in [2.24, 2.45) is 0 Å². The molecule has 1 aromatic carbocycles. The zero-order valence-electron chi connectivity index (χ0n) is 16.4. The van der Waals surface area contributed by atoms with Crippen molar-refractivity contribution in [3.05, 3.63) is 46.8 Å². The highest BCUT2D eigenvalue weighted by molar-refractivity contribution is 5.94. The maximum Gasteiger partial charge on any atom is 0.272 e. The van der Waals surface area contributed by atoms with Crippen LogP contribution >= 0.6 is 0 Å². The molecule has 1 atom stereocenters. The molecule has 2 heterocycles. The summed E-state index contributed by atoms with van der Waals surface area (Å²) in [6.07, 6.45) is 4.19. The van der Waals surface area contributed by atoms with E-state index in [1.54, 1.807) is 7.11 Å². The largest absolute Gasteiger partial charge is 0.497 e. The zero-order valence-corrected chi connectivity index (χ0v) is 16.4. The predicted molar refractivity (Wildman–Crippen MR) is 106 cm³/mol. The van der Waals surface area contributed by atoms with E-state index in [0.717, 1.165) is 61.3 Å². The molecule has 0 bridgehead atoms. The fourth-order valence-corrected chi connectivity index (χ4v) is 4.14. The summed E-state index contributed by atoms with van der Waals surface area (Å²) in [5.41, 5.74) is 3.90. The van der Waals surface area contributed by atoms with Crippen LogP contribution < -0.4 is 10.1 Å². The van der Waals surface area contributed by atoms with Crippen molar-refractivity contribution in [2.45, 2.75) is 31.7 Å². The summed E-state index contributed by atoms with van der Waals surface area (Å²) in [5, 5.41) is 10.5. The van der Waals surface area contributed by atoms with Gasteiger partial charge in [0.25, 0.3) is 5.91 Å². The summed E-state index contributed by atoms with van der Waals surface area (Å²) in [4.78, 5) is 15.2. The van der Waals surface area contributed by atoms with Gasteiger partial charge in [-0.1, -0.05) is 12.1 Å². The fourth-order valence-electron chi connectivity index (χ4n) is 4.14. The Balaban J connectivity index is 1.50. The van der Waals surface area contributed by atoms with E-state index in [1.807, 2.05) is 18.2 Å². The van der Waals surface area contributed by atoms with Gasteiger partial charge in [0.05, 0.1) is 26.4 Å². The standard InChI is InChI=1S/C21H28N4O3/c1-27-16-6-4-5-15(13-16)19(25-9-11-28-12-10-25)14-22-21(26)20-17-7-2-3-8-18(17)23-24-20/h4-6,13,19H,2-3,7-12,14H2,1H3,(H,22,26)(H,23,24). The molecule has 1 aromatic heterocycles. The second kappa shape index (κ2) is 8.75. The number of nitrogens with one attached hydrogen (secondary N) is 2. The lowest BCUT2D eigenvalue weighted by atomic mass is 9.95. The Morgan fingerprint density at radius 3 is 2.96 bits per heavy atom. The van der Waals surface area contributed by atoms with E-state index in [4.69, 9.17) is 9.47 Å². The lowest BCUT2D eigenvalue weighted by Gasteiger charge is -2.35. The molecule has 2 aromatic rings. The third-order valence-electron chi connectivity index (χ3n) is 5.69. The van der Waals surface area contributed by atoms with Gasteiger partial charge in [0.2, 0.25) is 0 Å². The van der Waals surface area contributed by atoms with Gasteiger partial charge in [-0.2, -0.15) is 5.10 Å². The number of aromatic nitrogens is 2. The molecule has 4 rings (SSSR count). The van der Waals surface area contributed by atoms with Gasteiger partial charge in [0.15, 0.2) is 5.69 Å². The normalized spacial score (nSPS) is 18.3. The lowest BCUT2D eigenvalue weighted by molar-refractivity contribution is 0.0162. The number of carbonyl (C=O) groups excluding carboxylic acids is 1. The molecule has 2 aliphatic rings. The molecule has 1 amide bonds. The summed E-state index contributed by atoms with van der Waals surface area (Å²) in [6, 6.07) is 8.13. The summed E-state index contributed by atoms with van der Waals surface area (Å²) in [7, 11) is 1.67. The maximum absolute atomic E-state index is 12.9. The molecule has 0 saturated carbocycles. The van der Waals surface area contributed by atoms with Crippen molar-refractivity contribution in [2.75, 3.05) is 40.0 Å². The minimum Gasteiger partial charge on any atom is -0.497 e. The molecular weight excluding hydrogens is 356 g/mol. The van der Waals surface area contributed by atoms with Crippen molar-refractivity contribution in [1.29, 1.82) is 0 Å². The topological polar surface area (TPSA) is 79.5 Å². The van der Waals surface area contributed by atoms with Crippen molar-refractivity contribution in [1.82, 2.24) is 20.4 Å². The van der Waals surface area contributed by atoms with Gasteiger partial charge in [0.1, 0.15) is 5.75 Å². The first kappa shape index (κ1) is 19.0. The van der Waals surface area contributed by atoms with E-state index in [1.165, 1.54) is 0 Å². The van der Waals surface area contributed by atoms with E-state index < -0.39 is 0 Å². The van der Waals surface area contributed by atoms with Gasteiger partial charge in [0, 0.05) is 30.9 Å². The van der Waals surface area contributed by atoms with Gasteiger partial charge in [-0.25, -0.2) is 0 Å². The van der Waals surface area contributed by atoms with E-state index in [0.29, 0.717) is 25.5 Å². The minimum atomic E-state index is -0.0967. The van der Waals surface area contributed by atoms with Crippen LogP contribution in [0.5, 0.6) is 5.75 Å². The molecule has 1 aliphatic heterocycles. The van der Waals surface area contributed by atoms with Crippen LogP contribution in [0, 0.1) is 0 Å². The fraction of sp³-hybridized carbons (Fsp3) is 0.524. The second-order valence-corrected chi connectivity index (χ2v) is 7.39. The average molecular weight is 384 g/mol. The Hall–Kier alpha value is -2.38. The molecule has 7 heteroatoms. The number of amides is 1. The van der Waals surface area contributed by atoms with Crippen molar-refractivity contribution >= 4 is 5.91 Å². The first-order valence-electron chi connectivity index (χ1n) is 10.1. The van der Waals surface area contributed by atoms with Crippen LogP contribution in [0.2, 0.25) is 0 Å². The first-order chi connectivity index (χ1) is 13.8. The van der Waals surface area contributed by atoms with Gasteiger partial charge in [-0.05, 0) is 43.4 Å². The van der Waals surface area contributed by atoms with Crippen LogP contribution in [0.25, 0.3) is 0 Å². The quantitative estimate of drug-likeness (QED) is 0.797. The molecule has 2 N–H and O–H groups in total. The third kappa shape index (κ3) is 4.05. The molecular formula is C21H28N4O3. The first-order valence-corrected chi connectivity index (χ1v) is 10.1. The molecule has 0 spiro atoms. The number of methoxy groups -OCH3 is 1. The smallest absolute Gasteiger partial charge is 0.272 e. The van der Waals surface area contributed by atoms with Crippen LogP contribution in [0.3, 0.4) is 0 Å². The number of carbonyl (C=O) groups is 1. The number of morpholine rings is 1. The van der Waals surface area contributed by atoms with Gasteiger partial charge < -0.3 is 14.8 Å². The van der Waals surface area contributed by atoms with Gasteiger partial charge >= 0.3 is 0 Å². The summed E-state index contributed by atoms with van der Waals surface area (Å²) in [5.74, 6) is 0.726. The van der Waals surface area contributed by atoms with Gasteiger partial charge in [-0.15, -0.1) is 0 Å². The van der Waals surface area contributed by atoms with Crippen molar-refractivity contribution in [3.8, 4) is 5.75 Å². The molecule has 7 nitrogen and oxygen atoms in total. The van der Waals surface area contributed by atoms with Crippen LogP contribution in [0.1, 0.15) is 46.2 Å². The Bertz CT molecular complexity index is 814. The number of fused-ring (bicyclic) bond motifs is 1. The second-order valence-electron chi connectivity index (χ2n) is 7.39. The Kier molecular flexibility index (Phi) is 5.92. The lowest BCUT2D eigenvalue weighted by Crippen LogP contribution is -2.44. The summed E-state index contributed by atoms with van der Waals surface area (Å²) < 4.78 is 10.9. The number of hydrogen-bond acceptors (Lipinski definition) is 5. The van der Waals surface area contributed by atoms with E-state index in [9.17, 15) is 4.79 Å². The highest BCUT2D eigenvalue weighted by Crippen LogP contribution is 2.26. The van der Waals surface area contributed by atoms with Crippen LogP contribution in [-0.4, -0.2) is 61.0 Å². The Labute approximate surface area is 165 Å². The number of aryl methyl sites for hydroxylation is 1. The van der Waals surface area contributed by atoms with E-state index in [-0.39, 0.29) is 11.9 Å². The number of ether oxygens (including phenoxy) is 2. The van der Waals surface area contributed by atoms with E-state index in [2.05, 4.69) is 26.5 Å². The number of hydrogen-bond donors (Lipinski definition) is 2. The minimum absolute atomic E-state index is 0.0673. The molecule has 150 valence electrons. The molecule has 1 saturated heterocycles. The number of H-pyrrole nitrogens is 1. The van der Waals surface area contributed by atoms with Crippen LogP contribution in [0.4, 0.5) is 0 Å². The number of aromatic amines is 1. The van der Waals surface area contributed by atoms with Crippen molar-refractivity contribution in [3.63, 3.8) is 0 Å². The zero-order chi connectivity index (χ0) is 19.3. The Morgan fingerprint density at radius 1 is 1.32 bits per heavy atom. The number of benzene rings is 1. The predicted octanol–water partition coefficient (Wildman–Crippen LogP) is 2.10. The van der Waals surface area contributed by atoms with Crippen LogP contribution in [-0.2, 0) is 17.6 Å². The SMILES string of the molecule is COc1cccc(C(CNC(=O)c2n[nH]c3c2CCCC3)N2CCOCC2)c1. The molecule has 0 radical (unpaired) electrons. The summed E-state index contributed by atoms with van der Waals surface area (Å²) >= 11 is 0. The summed E-state index contributed by atoms with van der Waals surface area (Å²) in [6.45, 7) is 3.63. The molecule has 1 fully saturated rings. The Morgan fingerprint density at radius 2 is 2.14 bits per heavy atom.